The van der Waals surface area contributed by atoms with Crippen molar-refractivity contribution in [1.29, 1.82) is 0 Å². The topological polar surface area (TPSA) is 0 Å². The van der Waals surface area contributed by atoms with Gasteiger partial charge in [-0.05, 0) is 9.76 Å². The lowest BCUT2D eigenvalue weighted by molar-refractivity contribution is 0.656. The van der Waals surface area contributed by atoms with Crippen LogP contribution in [0.3, 0.4) is 0 Å². The second kappa shape index (κ2) is 8.43. The van der Waals surface area contributed by atoms with E-state index in [1.807, 2.05) is 0 Å². The Balaban J connectivity index is 2.60. The summed E-state index contributed by atoms with van der Waals surface area (Å²) in [6, 6.07) is 1.63. The quantitative estimate of drug-likeness (QED) is 0.399. The normalized spacial score (nSPS) is 11.7. The monoisotopic (exact) mass is 160 g/mol. The van der Waals surface area contributed by atoms with Crippen LogP contribution in [0.4, 0.5) is 0 Å². The van der Waals surface area contributed by atoms with Crippen LogP contribution in [0.5, 0.6) is 0 Å². The Hall–Kier alpha value is 0.434. The van der Waals surface area contributed by atoms with Gasteiger partial charge in [-0.3, -0.25) is 0 Å². The van der Waals surface area contributed by atoms with Gasteiger partial charge in [0.25, 0.3) is 0 Å². The summed E-state index contributed by atoms with van der Waals surface area (Å²) in [7, 11) is 2.07. The summed E-state index contributed by atoms with van der Waals surface area (Å²) in [5, 5.41) is 0. The van der Waals surface area contributed by atoms with Crippen molar-refractivity contribution >= 4 is 18.8 Å². The summed E-state index contributed by atoms with van der Waals surface area (Å²) in [6.07, 6.45) is 7.41. The molecule has 0 aromatic heterocycles. The van der Waals surface area contributed by atoms with Gasteiger partial charge in [-0.15, -0.1) is 0 Å². The Bertz CT molecular complexity index is 40.2. The van der Waals surface area contributed by atoms with Crippen molar-refractivity contribution in [2.45, 2.75) is 45.1 Å². The van der Waals surface area contributed by atoms with E-state index < -0.39 is 0 Å². The van der Waals surface area contributed by atoms with E-state index in [0.717, 1.165) is 0 Å². The Morgan fingerprint density at radius 2 is 1.78 bits per heavy atom. The fourth-order valence-electron chi connectivity index (χ4n) is 1.03. The van der Waals surface area contributed by atoms with Crippen LogP contribution < -0.4 is 0 Å². The van der Waals surface area contributed by atoms with Crippen LogP contribution >= 0.6 is 0 Å². The molecule has 0 spiro atoms. The lowest BCUT2D eigenvalue weighted by Gasteiger charge is -1.95. The zero-order valence-corrected chi connectivity index (χ0v) is 10.4. The largest absolute Gasteiger partial charge is 0.0655 e. The minimum absolute atomic E-state index is 0.519. The summed E-state index contributed by atoms with van der Waals surface area (Å²) < 4.78 is 0. The molecule has 0 rings (SSSR count). The molecule has 0 aliphatic carbocycles. The van der Waals surface area contributed by atoms with Gasteiger partial charge in [0.05, 0.1) is 0 Å². The summed E-state index contributed by atoms with van der Waals surface area (Å²) in [5.74, 6) is 0. The van der Waals surface area contributed by atoms with Gasteiger partial charge in [0.2, 0.25) is 0 Å². The second-order valence-electron chi connectivity index (χ2n) is 2.77. The summed E-state index contributed by atoms with van der Waals surface area (Å²) >= 11 is 0. The summed E-state index contributed by atoms with van der Waals surface area (Å²) in [4.78, 5) is 0. The number of hydrogen-bond donors (Lipinski definition) is 0. The lowest BCUT2D eigenvalue weighted by Crippen LogP contribution is -1.86. The van der Waals surface area contributed by atoms with Crippen LogP contribution in [0.15, 0.2) is 0 Å². The van der Waals surface area contributed by atoms with E-state index in [9.17, 15) is 0 Å². The SMILES string of the molecule is CCCCCCC[SiH2][SiH3]. The van der Waals surface area contributed by atoms with Gasteiger partial charge < -0.3 is 0 Å². The van der Waals surface area contributed by atoms with E-state index >= 15 is 0 Å². The second-order valence-corrected chi connectivity index (χ2v) is 7.47. The molecular weight excluding hydrogens is 140 g/mol. The van der Waals surface area contributed by atoms with Gasteiger partial charge in [0.1, 0.15) is 0 Å². The van der Waals surface area contributed by atoms with E-state index in [1.54, 1.807) is 22.2 Å². The van der Waals surface area contributed by atoms with Crippen molar-refractivity contribution in [3.05, 3.63) is 0 Å². The van der Waals surface area contributed by atoms with E-state index in [-0.39, 0.29) is 0 Å². The van der Waals surface area contributed by atoms with Gasteiger partial charge in [0.15, 0.2) is 0 Å². The molecule has 0 aliphatic heterocycles. The Labute approximate surface area is 64.5 Å². The minimum Gasteiger partial charge on any atom is -0.0655 e. The standard InChI is InChI=1S/C7H20Si2/c1-2-3-4-5-6-7-9-8/h2-7,9H2,1,8H3. The molecule has 0 saturated carbocycles. The van der Waals surface area contributed by atoms with Crippen LogP contribution in [-0.2, 0) is 0 Å². The van der Waals surface area contributed by atoms with Gasteiger partial charge in [0, 0.05) is 9.04 Å². The maximum Gasteiger partial charge on any atom is 0.00412 e. The molecule has 0 aromatic rings. The average molecular weight is 160 g/mol. The third-order valence-electron chi connectivity index (χ3n) is 1.71. The predicted octanol–water partition coefficient (Wildman–Crippen LogP) is 0.824. The predicted molar refractivity (Wildman–Crippen MR) is 52.0 cm³/mol. The molecule has 0 aromatic carbocycles. The number of hydrogen-bond acceptors (Lipinski definition) is 0. The summed E-state index contributed by atoms with van der Waals surface area (Å²) in [6.45, 7) is 2.28. The molecule has 0 amide bonds. The zero-order chi connectivity index (χ0) is 6.95. The molecule has 0 heterocycles. The highest BCUT2D eigenvalue weighted by Crippen LogP contribution is 2.03. The summed E-state index contributed by atoms with van der Waals surface area (Å²) in [5.41, 5.74) is 0. The van der Waals surface area contributed by atoms with Crippen molar-refractivity contribution in [3.63, 3.8) is 0 Å². The smallest absolute Gasteiger partial charge is 0.00412 e. The molecule has 0 radical (unpaired) electrons. The first kappa shape index (κ1) is 9.43. The fraction of sp³-hybridized carbons (Fsp3) is 1.00. The van der Waals surface area contributed by atoms with Crippen molar-refractivity contribution < 1.29 is 0 Å². The van der Waals surface area contributed by atoms with Crippen LogP contribution in [-0.4, -0.2) is 18.8 Å². The van der Waals surface area contributed by atoms with Crippen molar-refractivity contribution in [1.82, 2.24) is 0 Å². The highest BCUT2D eigenvalue weighted by Gasteiger charge is 1.86. The Kier molecular flexibility index (Phi) is 8.84. The maximum absolute atomic E-state index is 2.28. The van der Waals surface area contributed by atoms with Crippen LogP contribution in [0.1, 0.15) is 39.0 Å². The first-order valence-corrected chi connectivity index (χ1v) is 11.1. The third kappa shape index (κ3) is 8.43. The molecule has 0 atom stereocenters. The molecule has 2 heteroatoms. The van der Waals surface area contributed by atoms with Gasteiger partial charge in [-0.1, -0.05) is 45.1 Å². The van der Waals surface area contributed by atoms with Gasteiger partial charge in [-0.25, -0.2) is 0 Å². The Morgan fingerprint density at radius 3 is 2.33 bits per heavy atom. The van der Waals surface area contributed by atoms with Crippen molar-refractivity contribution in [2.24, 2.45) is 0 Å². The van der Waals surface area contributed by atoms with E-state index in [0.29, 0.717) is 9.04 Å². The molecule has 0 N–H and O–H groups in total. The average Bonchev–Trinajstić information content (AvgIpc) is 1.89. The molecule has 9 heavy (non-hydrogen) atoms. The molecule has 0 nitrogen and oxygen atoms in total. The van der Waals surface area contributed by atoms with Crippen LogP contribution in [0, 0.1) is 0 Å². The molecule has 0 aliphatic rings. The van der Waals surface area contributed by atoms with E-state index in [4.69, 9.17) is 0 Å². The maximum atomic E-state index is 2.28. The molecule has 0 bridgehead atoms. The van der Waals surface area contributed by atoms with Crippen molar-refractivity contribution in [2.75, 3.05) is 0 Å². The number of rotatable bonds is 6. The molecule has 56 valence electrons. The van der Waals surface area contributed by atoms with Crippen molar-refractivity contribution in [3.8, 4) is 0 Å². The third-order valence-corrected chi connectivity index (χ3v) is 5.04. The first-order valence-electron chi connectivity index (χ1n) is 4.41. The number of unbranched alkanes of at least 4 members (excludes halogenated alkanes) is 4. The highest BCUT2D eigenvalue weighted by atomic mass is 29.1. The lowest BCUT2D eigenvalue weighted by atomic mass is 10.2. The zero-order valence-electron chi connectivity index (χ0n) is 6.95. The van der Waals surface area contributed by atoms with Crippen LogP contribution in [0.2, 0.25) is 6.04 Å². The van der Waals surface area contributed by atoms with Gasteiger partial charge >= 0.3 is 0 Å². The molecular formula is C7H20Si2. The van der Waals surface area contributed by atoms with Gasteiger partial charge in [-0.2, -0.15) is 0 Å². The van der Waals surface area contributed by atoms with E-state index in [1.165, 1.54) is 25.7 Å². The first-order chi connectivity index (χ1) is 4.41. The Morgan fingerprint density at radius 1 is 1.11 bits per heavy atom. The van der Waals surface area contributed by atoms with E-state index in [2.05, 4.69) is 6.92 Å². The molecule has 0 fully saturated rings. The highest BCUT2D eigenvalue weighted by molar-refractivity contribution is 6.89. The molecule has 0 unspecified atom stereocenters. The van der Waals surface area contributed by atoms with Crippen LogP contribution in [0.25, 0.3) is 0 Å². The fourth-order valence-corrected chi connectivity index (χ4v) is 3.38. The minimum atomic E-state index is 0.519. The molecule has 0 saturated heterocycles.